The van der Waals surface area contributed by atoms with Gasteiger partial charge in [0.1, 0.15) is 0 Å². The normalized spacial score (nSPS) is 2.88. The first-order chi connectivity index (χ1) is 3.33. The molecule has 0 heterocycles. The number of allylic oxidation sites excluding steroid dienone is 1. The van der Waals surface area contributed by atoms with Gasteiger partial charge in [0, 0.05) is 0 Å². The number of rotatable bonds is 0. The quantitative estimate of drug-likeness (QED) is 0.284. The van der Waals surface area contributed by atoms with Crippen molar-refractivity contribution in [1.82, 2.24) is 0 Å². The molecular weight excluding hydrogens is 127 g/mol. The minimum Gasteiger partial charge on any atom is -0.518 e. The molecule has 8 heavy (non-hydrogen) atoms. The van der Waals surface area contributed by atoms with E-state index in [0.717, 1.165) is 0 Å². The third-order valence-electron chi connectivity index (χ3n) is 0.0500. The van der Waals surface area contributed by atoms with Gasteiger partial charge in [0.05, 0.1) is 0 Å². The van der Waals surface area contributed by atoms with Crippen LogP contribution >= 0.6 is 0 Å². The van der Waals surface area contributed by atoms with E-state index in [1.165, 1.54) is 18.2 Å². The van der Waals surface area contributed by atoms with E-state index in [-0.39, 0.29) is 51.4 Å². The zero-order valence-electron chi connectivity index (χ0n) is 5.05. The Labute approximate surface area is 92.2 Å². The van der Waals surface area contributed by atoms with Gasteiger partial charge >= 0.3 is 51.4 Å². The van der Waals surface area contributed by atoms with E-state index in [4.69, 9.17) is 17.1 Å². The third-order valence-corrected chi connectivity index (χ3v) is 0.0500. The van der Waals surface area contributed by atoms with Crippen LogP contribution in [0.1, 0.15) is 6.92 Å². The summed E-state index contributed by atoms with van der Waals surface area (Å²) in [6.07, 6.45) is 1.50. The smallest absolute Gasteiger partial charge is 0.518 e. The van der Waals surface area contributed by atoms with Gasteiger partial charge in [0.2, 0.25) is 0 Å². The first-order valence-corrected chi connectivity index (χ1v) is 1.61. The summed E-state index contributed by atoms with van der Waals surface area (Å²) in [6, 6.07) is 2.47. The largest absolute Gasteiger partial charge is 1.00 e. The van der Waals surface area contributed by atoms with Crippen molar-refractivity contribution in [3.05, 3.63) is 12.7 Å². The van der Waals surface area contributed by atoms with Crippen LogP contribution in [0.4, 0.5) is 0 Å². The Morgan fingerprint density at radius 1 is 1.38 bits per heavy atom. The fourth-order valence-electron chi connectivity index (χ4n) is 0. The topological polar surface area (TPSA) is 47.6 Å². The monoisotopic (exact) mass is 132 g/mol. The summed E-state index contributed by atoms with van der Waals surface area (Å²) in [7, 11) is 0. The molecule has 0 aromatic heterocycles. The fraction of sp³-hybridized carbons (Fsp3) is 0.200. The second-order valence-electron chi connectivity index (χ2n) is 0.557. The van der Waals surface area contributed by atoms with Crippen molar-refractivity contribution in [2.75, 3.05) is 0 Å². The van der Waals surface area contributed by atoms with Gasteiger partial charge in [-0.15, -0.1) is 0 Å². The number of hydrogen-bond donors (Lipinski definition) is 0. The van der Waals surface area contributed by atoms with Crippen LogP contribution in [0, 0.1) is 29.2 Å². The van der Waals surface area contributed by atoms with Gasteiger partial charge < -0.3 is 6.58 Å². The van der Waals surface area contributed by atoms with Gasteiger partial charge in [-0.2, -0.15) is 10.5 Å². The molecule has 0 saturated heterocycles. The summed E-state index contributed by atoms with van der Waals surface area (Å²) >= 11 is 0. The van der Waals surface area contributed by atoms with Crippen LogP contribution in [0.2, 0.25) is 0 Å². The summed E-state index contributed by atoms with van der Waals surface area (Å²) < 4.78 is 0. The first kappa shape index (κ1) is 15.8. The average Bonchev–Trinajstić information content (AvgIpc) is 1.69. The Morgan fingerprint density at radius 2 is 1.50 bits per heavy atom. The molecule has 0 atom stereocenters. The maximum atomic E-state index is 7.26. The molecule has 0 saturated carbocycles. The summed E-state index contributed by atoms with van der Waals surface area (Å²) in [5.74, 6) is 0. The predicted octanol–water partition coefficient (Wildman–Crippen LogP) is -1.97. The maximum Gasteiger partial charge on any atom is 1.00 e. The van der Waals surface area contributed by atoms with E-state index in [2.05, 4.69) is 0 Å². The van der Waals surface area contributed by atoms with Crippen molar-refractivity contribution in [2.24, 2.45) is 0 Å². The number of nitriles is 2. The fourth-order valence-corrected chi connectivity index (χ4v) is 0. The SMILES string of the molecule is N#CC#N.[CH-]=CC.[K+]. The first-order valence-electron chi connectivity index (χ1n) is 1.61. The molecule has 0 fully saturated rings. The zero-order valence-corrected chi connectivity index (χ0v) is 8.17. The molecule has 0 spiro atoms. The van der Waals surface area contributed by atoms with Gasteiger partial charge in [0.15, 0.2) is 12.1 Å². The molecular formula is C5H5KN2. The van der Waals surface area contributed by atoms with Crippen molar-refractivity contribution in [3.63, 3.8) is 0 Å². The van der Waals surface area contributed by atoms with Gasteiger partial charge in [-0.25, -0.2) is 0 Å². The Kier molecular flexibility index (Phi) is 52.0. The number of nitrogens with zero attached hydrogens (tertiary/aromatic N) is 2. The van der Waals surface area contributed by atoms with Crippen LogP contribution < -0.4 is 51.4 Å². The second-order valence-corrected chi connectivity index (χ2v) is 0.557. The van der Waals surface area contributed by atoms with Crippen LogP contribution in [0.3, 0.4) is 0 Å². The minimum atomic E-state index is 0. The van der Waals surface area contributed by atoms with Crippen LogP contribution in [-0.4, -0.2) is 0 Å². The summed E-state index contributed by atoms with van der Waals surface area (Å²) in [4.78, 5) is 0. The number of hydrogen-bond acceptors (Lipinski definition) is 2. The molecule has 0 aromatic rings. The standard InChI is InChI=1S/C3H5.C2N2.K/c1-3-2;3-1-2-4;/h1,3H,2H3;;/q-1;;+1. The molecule has 0 rings (SSSR count). The van der Waals surface area contributed by atoms with Crippen molar-refractivity contribution in [1.29, 1.82) is 10.5 Å². The third kappa shape index (κ3) is 99.1. The van der Waals surface area contributed by atoms with Gasteiger partial charge in [-0.05, 0) is 0 Å². The molecule has 2 nitrogen and oxygen atoms in total. The molecule has 3 heteroatoms. The van der Waals surface area contributed by atoms with Gasteiger partial charge in [-0.1, -0.05) is 6.92 Å². The molecule has 0 aliphatic carbocycles. The molecule has 0 unspecified atom stereocenters. The Morgan fingerprint density at radius 3 is 1.50 bits per heavy atom. The van der Waals surface area contributed by atoms with Crippen LogP contribution in [-0.2, 0) is 0 Å². The second kappa shape index (κ2) is 26.4. The predicted molar refractivity (Wildman–Crippen MR) is 25.8 cm³/mol. The molecule has 0 aromatic carbocycles. The minimum absolute atomic E-state index is 0. The zero-order chi connectivity index (χ0) is 6.12. The Balaban J connectivity index is -0.0000000575. The van der Waals surface area contributed by atoms with E-state index in [9.17, 15) is 0 Å². The molecule has 0 aliphatic rings. The van der Waals surface area contributed by atoms with Gasteiger partial charge in [-0.3, -0.25) is 6.08 Å². The molecule has 0 aliphatic heterocycles. The van der Waals surface area contributed by atoms with E-state index < -0.39 is 0 Å². The summed E-state index contributed by atoms with van der Waals surface area (Å²) in [5.41, 5.74) is 0. The van der Waals surface area contributed by atoms with Crippen LogP contribution in [0.15, 0.2) is 6.08 Å². The average molecular weight is 132 g/mol. The molecule has 0 amide bonds. The van der Waals surface area contributed by atoms with Crippen molar-refractivity contribution in [3.8, 4) is 12.1 Å². The van der Waals surface area contributed by atoms with E-state index in [1.807, 2.05) is 0 Å². The van der Waals surface area contributed by atoms with Crippen molar-refractivity contribution in [2.45, 2.75) is 6.92 Å². The summed E-state index contributed by atoms with van der Waals surface area (Å²) in [6.45, 7) is 6.50. The molecule has 0 bridgehead atoms. The van der Waals surface area contributed by atoms with E-state index in [0.29, 0.717) is 0 Å². The molecule has 0 radical (unpaired) electrons. The van der Waals surface area contributed by atoms with Crippen LogP contribution in [0.5, 0.6) is 0 Å². The molecule has 36 valence electrons. The van der Waals surface area contributed by atoms with Crippen molar-refractivity contribution < 1.29 is 51.4 Å². The van der Waals surface area contributed by atoms with Gasteiger partial charge in [0.25, 0.3) is 0 Å². The summed E-state index contributed by atoms with van der Waals surface area (Å²) in [5, 5.41) is 14.5. The van der Waals surface area contributed by atoms with E-state index in [1.54, 1.807) is 6.92 Å². The van der Waals surface area contributed by atoms with Crippen molar-refractivity contribution >= 4 is 0 Å². The van der Waals surface area contributed by atoms with E-state index >= 15 is 0 Å². The maximum absolute atomic E-state index is 7.26. The Bertz CT molecular complexity index is 94.6. The van der Waals surface area contributed by atoms with Crippen LogP contribution in [0.25, 0.3) is 0 Å². The Hall–Kier alpha value is 0.356. The molecule has 0 N–H and O–H groups in total.